The summed E-state index contributed by atoms with van der Waals surface area (Å²) in [5, 5.41) is 2.60. The summed E-state index contributed by atoms with van der Waals surface area (Å²) in [4.78, 5) is 30.7. The van der Waals surface area contributed by atoms with Crippen LogP contribution in [0.2, 0.25) is 0 Å². The minimum absolute atomic E-state index is 0.172. The molecule has 1 fully saturated rings. The van der Waals surface area contributed by atoms with Crippen LogP contribution in [0, 0.1) is 5.92 Å². The lowest BCUT2D eigenvalue weighted by Gasteiger charge is -2.21. The van der Waals surface area contributed by atoms with Gasteiger partial charge in [0.05, 0.1) is 0 Å². The zero-order chi connectivity index (χ0) is 16.8. The SMILES string of the molecule is CNC(=O)c1cc(C[C@H]2CCCN(c3ccncn3)CC2)ncn1. The summed E-state index contributed by atoms with van der Waals surface area (Å²) in [5.74, 6) is 1.38. The van der Waals surface area contributed by atoms with Crippen molar-refractivity contribution in [3.63, 3.8) is 0 Å². The third-order valence-corrected chi connectivity index (χ3v) is 4.42. The van der Waals surface area contributed by atoms with Gasteiger partial charge in [-0.2, -0.15) is 0 Å². The third-order valence-electron chi connectivity index (χ3n) is 4.42. The number of amides is 1. The van der Waals surface area contributed by atoms with E-state index in [1.165, 1.54) is 6.33 Å². The monoisotopic (exact) mass is 326 g/mol. The molecule has 1 atom stereocenters. The summed E-state index contributed by atoms with van der Waals surface area (Å²) in [7, 11) is 1.61. The second-order valence-electron chi connectivity index (χ2n) is 6.03. The van der Waals surface area contributed by atoms with Crippen LogP contribution in [0.5, 0.6) is 0 Å². The van der Waals surface area contributed by atoms with Gasteiger partial charge in [-0.3, -0.25) is 4.79 Å². The van der Waals surface area contributed by atoms with Gasteiger partial charge in [0.2, 0.25) is 0 Å². The minimum Gasteiger partial charge on any atom is -0.357 e. The first-order valence-corrected chi connectivity index (χ1v) is 8.30. The summed E-state index contributed by atoms with van der Waals surface area (Å²) in [6, 6.07) is 3.76. The highest BCUT2D eigenvalue weighted by Crippen LogP contribution is 2.23. The summed E-state index contributed by atoms with van der Waals surface area (Å²) < 4.78 is 0. The van der Waals surface area contributed by atoms with Crippen LogP contribution in [0.15, 0.2) is 31.0 Å². The van der Waals surface area contributed by atoms with Crippen molar-refractivity contribution in [2.75, 3.05) is 25.0 Å². The van der Waals surface area contributed by atoms with Crippen molar-refractivity contribution in [1.82, 2.24) is 25.3 Å². The Balaban J connectivity index is 1.62. The first-order valence-electron chi connectivity index (χ1n) is 8.30. The molecule has 1 aliphatic rings. The topological polar surface area (TPSA) is 83.9 Å². The van der Waals surface area contributed by atoms with Gasteiger partial charge in [0.1, 0.15) is 24.2 Å². The highest BCUT2D eigenvalue weighted by atomic mass is 16.1. The van der Waals surface area contributed by atoms with E-state index >= 15 is 0 Å². The average molecular weight is 326 g/mol. The van der Waals surface area contributed by atoms with Gasteiger partial charge in [-0.1, -0.05) is 0 Å². The van der Waals surface area contributed by atoms with Crippen molar-refractivity contribution < 1.29 is 4.79 Å². The van der Waals surface area contributed by atoms with Crippen LogP contribution in [0.3, 0.4) is 0 Å². The quantitative estimate of drug-likeness (QED) is 0.916. The van der Waals surface area contributed by atoms with Crippen LogP contribution in [0.1, 0.15) is 35.4 Å². The molecule has 3 heterocycles. The van der Waals surface area contributed by atoms with E-state index in [0.717, 1.165) is 50.3 Å². The van der Waals surface area contributed by atoms with Crippen LogP contribution >= 0.6 is 0 Å². The lowest BCUT2D eigenvalue weighted by atomic mass is 9.95. The van der Waals surface area contributed by atoms with Crippen molar-refractivity contribution in [2.45, 2.75) is 25.7 Å². The molecule has 1 amide bonds. The molecule has 0 aliphatic carbocycles. The fourth-order valence-electron chi connectivity index (χ4n) is 3.13. The third kappa shape index (κ3) is 4.04. The zero-order valence-electron chi connectivity index (χ0n) is 13.9. The molecular formula is C17H22N6O. The number of nitrogens with one attached hydrogen (secondary N) is 1. The van der Waals surface area contributed by atoms with Crippen molar-refractivity contribution in [3.05, 3.63) is 42.4 Å². The van der Waals surface area contributed by atoms with E-state index in [-0.39, 0.29) is 5.91 Å². The number of carbonyl (C=O) groups excluding carboxylic acids is 1. The maximum atomic E-state index is 11.7. The molecular weight excluding hydrogens is 304 g/mol. The highest BCUT2D eigenvalue weighted by Gasteiger charge is 2.19. The van der Waals surface area contributed by atoms with Crippen molar-refractivity contribution in [1.29, 1.82) is 0 Å². The van der Waals surface area contributed by atoms with E-state index in [4.69, 9.17) is 0 Å². The normalized spacial score (nSPS) is 18.0. The number of rotatable bonds is 4. The van der Waals surface area contributed by atoms with Crippen LogP contribution in [0.4, 0.5) is 5.82 Å². The van der Waals surface area contributed by atoms with Gasteiger partial charge in [-0.25, -0.2) is 19.9 Å². The lowest BCUT2D eigenvalue weighted by Crippen LogP contribution is -2.25. The molecule has 0 saturated carbocycles. The molecule has 1 N–H and O–H groups in total. The fourth-order valence-corrected chi connectivity index (χ4v) is 3.13. The summed E-state index contributed by atoms with van der Waals surface area (Å²) in [5.41, 5.74) is 1.36. The van der Waals surface area contributed by atoms with Gasteiger partial charge < -0.3 is 10.2 Å². The van der Waals surface area contributed by atoms with E-state index in [0.29, 0.717) is 11.6 Å². The molecule has 0 bridgehead atoms. The van der Waals surface area contributed by atoms with Crippen molar-refractivity contribution in [3.8, 4) is 0 Å². The molecule has 7 nitrogen and oxygen atoms in total. The molecule has 1 saturated heterocycles. The lowest BCUT2D eigenvalue weighted by molar-refractivity contribution is 0.0958. The molecule has 0 aromatic carbocycles. The number of aromatic nitrogens is 4. The standard InChI is InChI=1S/C17H22N6O/c1-18-17(24)15-10-14(20-12-21-15)9-13-3-2-7-23(8-5-13)16-4-6-19-11-22-16/h4,6,10-13H,2-3,5,7-9H2,1H3,(H,18,24)/t13-/m0/s1. The Labute approximate surface area is 141 Å². The maximum Gasteiger partial charge on any atom is 0.269 e. The minimum atomic E-state index is -0.172. The van der Waals surface area contributed by atoms with E-state index in [9.17, 15) is 4.79 Å². The van der Waals surface area contributed by atoms with Crippen LogP contribution in [0.25, 0.3) is 0 Å². The van der Waals surface area contributed by atoms with Crippen LogP contribution in [-0.2, 0) is 6.42 Å². The van der Waals surface area contributed by atoms with Crippen molar-refractivity contribution >= 4 is 11.7 Å². The summed E-state index contributed by atoms with van der Waals surface area (Å²) >= 11 is 0. The van der Waals surface area contributed by atoms with Gasteiger partial charge in [-0.15, -0.1) is 0 Å². The Kier molecular flexibility index (Phi) is 5.30. The fraction of sp³-hybridized carbons (Fsp3) is 0.471. The van der Waals surface area contributed by atoms with Gasteiger partial charge in [0.15, 0.2) is 0 Å². The number of anilines is 1. The second-order valence-corrected chi connectivity index (χ2v) is 6.03. The highest BCUT2D eigenvalue weighted by molar-refractivity contribution is 5.91. The molecule has 126 valence electrons. The molecule has 7 heteroatoms. The van der Waals surface area contributed by atoms with E-state index < -0.39 is 0 Å². The maximum absolute atomic E-state index is 11.7. The van der Waals surface area contributed by atoms with E-state index in [1.54, 1.807) is 25.6 Å². The number of carbonyl (C=O) groups is 1. The number of hydrogen-bond acceptors (Lipinski definition) is 6. The Morgan fingerprint density at radius 1 is 1.25 bits per heavy atom. The van der Waals surface area contributed by atoms with Gasteiger partial charge >= 0.3 is 0 Å². The van der Waals surface area contributed by atoms with Crippen molar-refractivity contribution in [2.24, 2.45) is 5.92 Å². The molecule has 1 aliphatic heterocycles. The predicted molar refractivity (Wildman–Crippen MR) is 90.7 cm³/mol. The van der Waals surface area contributed by atoms with Gasteiger partial charge in [-0.05, 0) is 43.7 Å². The number of hydrogen-bond donors (Lipinski definition) is 1. The Morgan fingerprint density at radius 2 is 2.17 bits per heavy atom. The largest absolute Gasteiger partial charge is 0.357 e. The van der Waals surface area contributed by atoms with Crippen LogP contribution in [-0.4, -0.2) is 46.0 Å². The summed E-state index contributed by atoms with van der Waals surface area (Å²) in [6.07, 6.45) is 9.10. The Hall–Kier alpha value is -2.57. The first kappa shape index (κ1) is 16.3. The number of nitrogens with zero attached hydrogens (tertiary/aromatic N) is 5. The first-order chi connectivity index (χ1) is 11.8. The molecule has 0 spiro atoms. The van der Waals surface area contributed by atoms with Crippen LogP contribution < -0.4 is 10.2 Å². The average Bonchev–Trinajstić information content (AvgIpc) is 2.87. The smallest absolute Gasteiger partial charge is 0.269 e. The Morgan fingerprint density at radius 3 is 2.96 bits per heavy atom. The molecule has 24 heavy (non-hydrogen) atoms. The molecule has 2 aromatic rings. The van der Waals surface area contributed by atoms with Gasteiger partial charge in [0.25, 0.3) is 5.91 Å². The molecule has 2 aromatic heterocycles. The summed E-state index contributed by atoms with van der Waals surface area (Å²) in [6.45, 7) is 2.00. The second kappa shape index (κ2) is 7.81. The zero-order valence-corrected chi connectivity index (χ0v) is 13.9. The van der Waals surface area contributed by atoms with Gasteiger partial charge in [0, 0.05) is 32.0 Å². The Bertz CT molecular complexity index is 678. The molecule has 0 radical (unpaired) electrons. The van der Waals surface area contributed by atoms with E-state index in [1.807, 2.05) is 6.07 Å². The molecule has 3 rings (SSSR count). The molecule has 0 unspecified atom stereocenters. The van der Waals surface area contributed by atoms with E-state index in [2.05, 4.69) is 30.2 Å². The predicted octanol–water partition coefficient (Wildman–Crippen LogP) is 1.48.